The number of aromatic hydroxyl groups is 1. The van der Waals surface area contributed by atoms with E-state index in [0.29, 0.717) is 18.0 Å². The summed E-state index contributed by atoms with van der Waals surface area (Å²) >= 11 is 6.65. The average molecular weight is 495 g/mol. The van der Waals surface area contributed by atoms with Crippen molar-refractivity contribution in [2.24, 2.45) is 0 Å². The lowest BCUT2D eigenvalue weighted by Crippen LogP contribution is -2.56. The number of carbonyl (C=O) groups is 1. The molecule has 0 aliphatic carbocycles. The zero-order valence-electron chi connectivity index (χ0n) is 17.2. The molecule has 1 amide bonds. The largest absolute Gasteiger partial charge is 0.503 e. The van der Waals surface area contributed by atoms with E-state index in [1.807, 2.05) is 6.92 Å². The molecule has 0 bridgehead atoms. The van der Waals surface area contributed by atoms with Gasteiger partial charge in [-0.25, -0.2) is 8.78 Å². The Balaban J connectivity index is 1.50. The maximum atomic E-state index is 14.2. The van der Waals surface area contributed by atoms with Gasteiger partial charge in [0.1, 0.15) is 21.7 Å². The molecule has 0 saturated carbocycles. The Hall–Kier alpha value is -2.89. The van der Waals surface area contributed by atoms with Crippen LogP contribution in [-0.4, -0.2) is 49.6 Å². The Kier molecular flexibility index (Phi) is 5.42. The molecule has 0 spiro atoms. The number of rotatable bonds is 3. The number of ether oxygens (including phenoxy) is 1. The molecule has 4 heterocycles. The van der Waals surface area contributed by atoms with E-state index in [1.54, 1.807) is 4.90 Å². The first kappa shape index (κ1) is 21.9. The number of benzene rings is 1. The van der Waals surface area contributed by atoms with Gasteiger partial charge < -0.3 is 19.3 Å². The summed E-state index contributed by atoms with van der Waals surface area (Å²) in [6.45, 7) is 2.65. The maximum absolute atomic E-state index is 14.2. The van der Waals surface area contributed by atoms with E-state index in [-0.39, 0.29) is 40.8 Å². The lowest BCUT2D eigenvalue weighted by Gasteiger charge is -2.44. The molecule has 1 N–H and O–H groups in total. The molecule has 8 nitrogen and oxygen atoms in total. The lowest BCUT2D eigenvalue weighted by molar-refractivity contribution is -0.112. The van der Waals surface area contributed by atoms with Gasteiger partial charge in [-0.15, -0.1) is 10.2 Å². The van der Waals surface area contributed by atoms with E-state index < -0.39 is 40.0 Å². The van der Waals surface area contributed by atoms with Crippen LogP contribution in [-0.2, 0) is 17.7 Å². The molecule has 1 saturated heterocycles. The van der Waals surface area contributed by atoms with Crippen molar-refractivity contribution in [3.63, 3.8) is 0 Å². The molecule has 2 aromatic heterocycles. The predicted molar refractivity (Wildman–Crippen MR) is 115 cm³/mol. The number of nitrogens with zero attached hydrogens (tertiary/aromatic N) is 4. The molecule has 2 aliphatic rings. The van der Waals surface area contributed by atoms with Crippen molar-refractivity contribution in [3.05, 3.63) is 61.5 Å². The Morgan fingerprint density at radius 3 is 2.88 bits per heavy atom. The number of pyridine rings is 1. The molecular formula is C21H17ClF2N4O4S. The molecule has 1 fully saturated rings. The number of hydrogen-bond acceptors (Lipinski definition) is 7. The van der Waals surface area contributed by atoms with Crippen LogP contribution in [0.1, 0.15) is 34.4 Å². The number of carbonyl (C=O) groups excluding carboxylic acids is 1. The second-order valence-corrected chi connectivity index (χ2v) is 9.35. The van der Waals surface area contributed by atoms with Gasteiger partial charge in [-0.3, -0.25) is 9.59 Å². The van der Waals surface area contributed by atoms with Crippen molar-refractivity contribution in [2.75, 3.05) is 6.61 Å². The topological polar surface area (TPSA) is 97.5 Å². The van der Waals surface area contributed by atoms with Gasteiger partial charge in [-0.2, -0.15) is 0 Å². The quantitative estimate of drug-likeness (QED) is 0.562. The first-order valence-electron chi connectivity index (χ1n) is 10.1. The lowest BCUT2D eigenvalue weighted by atomic mass is 10.1. The van der Waals surface area contributed by atoms with Crippen molar-refractivity contribution in [2.45, 2.75) is 38.6 Å². The molecule has 0 radical (unpaired) electrons. The number of hydrogen-bond donors (Lipinski definition) is 1. The van der Waals surface area contributed by atoms with E-state index >= 15 is 0 Å². The first-order valence-corrected chi connectivity index (χ1v) is 11.3. The summed E-state index contributed by atoms with van der Waals surface area (Å²) < 4.78 is 34.9. The fraction of sp³-hybridized carbons (Fsp3) is 0.333. The highest BCUT2D eigenvalue weighted by atomic mass is 35.5. The zero-order valence-corrected chi connectivity index (χ0v) is 18.8. The van der Waals surface area contributed by atoms with Crippen LogP contribution < -0.4 is 5.43 Å². The van der Waals surface area contributed by atoms with Crippen molar-refractivity contribution >= 4 is 28.8 Å². The normalized spacial score (nSPS) is 20.0. The van der Waals surface area contributed by atoms with Crippen LogP contribution >= 0.6 is 22.9 Å². The van der Waals surface area contributed by atoms with Crippen LogP contribution in [0.2, 0.25) is 5.02 Å². The minimum absolute atomic E-state index is 0.0109. The SMILES string of the molecule is C[C@H]1CCO[C@@H]2Cn3cc(-c4nnc(Cc5ccc(F)c(Cl)c5F)s4)c(=O)c(O)c3C(=O)N12. The Morgan fingerprint density at radius 1 is 1.30 bits per heavy atom. The fourth-order valence-corrected chi connectivity index (χ4v) is 5.16. The first-order chi connectivity index (χ1) is 15.8. The molecule has 12 heteroatoms. The van der Waals surface area contributed by atoms with E-state index in [0.717, 1.165) is 17.4 Å². The van der Waals surface area contributed by atoms with Gasteiger partial charge in [-0.05, 0) is 25.0 Å². The van der Waals surface area contributed by atoms with Crippen LogP contribution in [0.15, 0.2) is 23.1 Å². The summed E-state index contributed by atoms with van der Waals surface area (Å²) in [6.07, 6.45) is 1.61. The van der Waals surface area contributed by atoms with Crippen molar-refractivity contribution in [1.82, 2.24) is 19.7 Å². The minimum Gasteiger partial charge on any atom is -0.503 e. The highest BCUT2D eigenvalue weighted by Gasteiger charge is 2.40. The van der Waals surface area contributed by atoms with Gasteiger partial charge in [0.05, 0.1) is 18.7 Å². The van der Waals surface area contributed by atoms with Crippen LogP contribution in [0, 0.1) is 11.6 Å². The second-order valence-electron chi connectivity index (χ2n) is 7.91. The molecule has 2 aliphatic heterocycles. The fourth-order valence-electron chi connectivity index (χ4n) is 4.11. The van der Waals surface area contributed by atoms with E-state index in [4.69, 9.17) is 16.3 Å². The molecule has 0 unspecified atom stereocenters. The maximum Gasteiger partial charge on any atom is 0.276 e. The van der Waals surface area contributed by atoms with Crippen LogP contribution in [0.3, 0.4) is 0 Å². The summed E-state index contributed by atoms with van der Waals surface area (Å²) in [4.78, 5) is 27.4. The van der Waals surface area contributed by atoms with Crippen molar-refractivity contribution < 1.29 is 23.4 Å². The van der Waals surface area contributed by atoms with Crippen LogP contribution in [0.25, 0.3) is 10.6 Å². The van der Waals surface area contributed by atoms with Gasteiger partial charge in [0.2, 0.25) is 5.43 Å². The van der Waals surface area contributed by atoms with Crippen molar-refractivity contribution in [1.29, 1.82) is 0 Å². The Bertz CT molecular complexity index is 1340. The van der Waals surface area contributed by atoms with E-state index in [9.17, 15) is 23.5 Å². The highest BCUT2D eigenvalue weighted by molar-refractivity contribution is 7.14. The Labute approximate surface area is 195 Å². The standard InChI is InChI=1S/C21H17ClF2N4O4S/c1-9-4-5-32-14-8-27-7-11(18(29)19(30)17(27)21(31)28(9)14)20-26-25-13(33-20)6-10-2-3-12(23)15(22)16(10)24/h2-3,7,9,14,30H,4-6,8H2,1H3/t9-,14+/m0/s1. The summed E-state index contributed by atoms with van der Waals surface area (Å²) in [6, 6.07) is 2.25. The van der Waals surface area contributed by atoms with Gasteiger partial charge in [0.15, 0.2) is 22.7 Å². The average Bonchev–Trinajstić information content (AvgIpc) is 3.25. The van der Waals surface area contributed by atoms with Crippen molar-refractivity contribution in [3.8, 4) is 16.3 Å². The molecule has 5 rings (SSSR count). The molecule has 172 valence electrons. The van der Waals surface area contributed by atoms with Gasteiger partial charge in [0.25, 0.3) is 5.91 Å². The smallest absolute Gasteiger partial charge is 0.276 e. The molecule has 3 aromatic rings. The van der Waals surface area contributed by atoms with Crippen LogP contribution in [0.4, 0.5) is 8.78 Å². The van der Waals surface area contributed by atoms with Gasteiger partial charge in [0, 0.05) is 18.7 Å². The molecule has 33 heavy (non-hydrogen) atoms. The zero-order chi connectivity index (χ0) is 23.4. The number of aromatic nitrogens is 3. The summed E-state index contributed by atoms with van der Waals surface area (Å²) in [7, 11) is 0. The minimum atomic E-state index is -0.885. The third-order valence-electron chi connectivity index (χ3n) is 5.83. The number of amides is 1. The summed E-state index contributed by atoms with van der Waals surface area (Å²) in [5.41, 5.74) is -0.659. The Morgan fingerprint density at radius 2 is 2.09 bits per heavy atom. The van der Waals surface area contributed by atoms with Gasteiger partial charge in [-0.1, -0.05) is 29.0 Å². The summed E-state index contributed by atoms with van der Waals surface area (Å²) in [5, 5.41) is 18.5. The molecule has 2 atom stereocenters. The predicted octanol–water partition coefficient (Wildman–Crippen LogP) is 3.19. The molecule has 1 aromatic carbocycles. The van der Waals surface area contributed by atoms with Crippen LogP contribution in [0.5, 0.6) is 5.75 Å². The van der Waals surface area contributed by atoms with E-state index in [1.165, 1.54) is 16.8 Å². The number of halogens is 3. The van der Waals surface area contributed by atoms with E-state index in [2.05, 4.69) is 10.2 Å². The van der Waals surface area contributed by atoms with Gasteiger partial charge >= 0.3 is 0 Å². The monoisotopic (exact) mass is 494 g/mol. The third-order valence-corrected chi connectivity index (χ3v) is 7.13. The second kappa shape index (κ2) is 8.15. The highest BCUT2D eigenvalue weighted by Crippen LogP contribution is 2.32. The molecular weight excluding hydrogens is 478 g/mol. The third kappa shape index (κ3) is 3.60. The summed E-state index contributed by atoms with van der Waals surface area (Å²) in [5.74, 6) is -2.88. The number of fused-ring (bicyclic) bond motifs is 2.